The first-order chi connectivity index (χ1) is 12.1. The number of nitrogens with one attached hydrogen (secondary N) is 1. The molecule has 4 nitrogen and oxygen atoms in total. The fraction of sp³-hybridized carbons (Fsp3) is 0.211. The van der Waals surface area contributed by atoms with Gasteiger partial charge in [-0.15, -0.1) is 11.3 Å². The number of carbonyl (C=O) groups is 1. The Hall–Kier alpha value is -2.08. The molecular formula is C19H18ClNO3S. The molecule has 0 spiro atoms. The van der Waals surface area contributed by atoms with Crippen molar-refractivity contribution in [3.63, 3.8) is 0 Å². The van der Waals surface area contributed by atoms with Crippen molar-refractivity contribution in [2.24, 2.45) is 0 Å². The van der Waals surface area contributed by atoms with Crippen LogP contribution in [0.5, 0.6) is 0 Å². The number of amides is 1. The van der Waals surface area contributed by atoms with Crippen LogP contribution in [0.15, 0.2) is 58.3 Å². The Morgan fingerprint density at radius 3 is 2.88 bits per heavy atom. The van der Waals surface area contributed by atoms with Gasteiger partial charge in [-0.05, 0) is 47.7 Å². The van der Waals surface area contributed by atoms with Crippen LogP contribution in [0.3, 0.4) is 0 Å². The van der Waals surface area contributed by atoms with Crippen LogP contribution in [0.25, 0.3) is 10.6 Å². The third-order valence-electron chi connectivity index (χ3n) is 3.74. The second-order valence-corrected chi connectivity index (χ2v) is 7.01. The van der Waals surface area contributed by atoms with Crippen LogP contribution >= 0.6 is 22.9 Å². The van der Waals surface area contributed by atoms with E-state index in [9.17, 15) is 9.90 Å². The average Bonchev–Trinajstić information content (AvgIpc) is 3.28. The predicted octanol–water partition coefficient (Wildman–Crippen LogP) is 4.44. The van der Waals surface area contributed by atoms with E-state index in [2.05, 4.69) is 5.32 Å². The molecule has 3 rings (SSSR count). The summed E-state index contributed by atoms with van der Waals surface area (Å²) < 4.78 is 5.66. The van der Waals surface area contributed by atoms with Gasteiger partial charge in [-0.3, -0.25) is 4.79 Å². The van der Waals surface area contributed by atoms with Crippen molar-refractivity contribution in [1.29, 1.82) is 0 Å². The summed E-state index contributed by atoms with van der Waals surface area (Å²) in [4.78, 5) is 12.9. The zero-order valence-corrected chi connectivity index (χ0v) is 15.0. The molecule has 2 aromatic heterocycles. The van der Waals surface area contributed by atoms with Gasteiger partial charge in [-0.1, -0.05) is 29.8 Å². The van der Waals surface area contributed by atoms with E-state index in [1.807, 2.05) is 41.8 Å². The molecule has 0 saturated carbocycles. The molecule has 3 aromatic rings. The molecule has 1 aromatic carbocycles. The fourth-order valence-corrected chi connectivity index (χ4v) is 3.33. The van der Waals surface area contributed by atoms with Crippen molar-refractivity contribution >= 4 is 28.8 Å². The van der Waals surface area contributed by atoms with Crippen molar-refractivity contribution < 1.29 is 14.3 Å². The molecule has 130 valence electrons. The molecule has 2 N–H and O–H groups in total. The highest BCUT2D eigenvalue weighted by Crippen LogP contribution is 2.28. The van der Waals surface area contributed by atoms with Crippen molar-refractivity contribution in [3.05, 3.63) is 70.3 Å². The van der Waals surface area contributed by atoms with Crippen LogP contribution in [0.2, 0.25) is 5.02 Å². The van der Waals surface area contributed by atoms with E-state index in [0.29, 0.717) is 23.6 Å². The van der Waals surface area contributed by atoms with Gasteiger partial charge in [0.1, 0.15) is 17.6 Å². The first-order valence-corrected chi connectivity index (χ1v) is 9.20. The lowest BCUT2D eigenvalue weighted by Crippen LogP contribution is -2.28. The molecule has 0 fully saturated rings. The van der Waals surface area contributed by atoms with Gasteiger partial charge in [-0.2, -0.15) is 0 Å². The van der Waals surface area contributed by atoms with E-state index in [-0.39, 0.29) is 12.5 Å². The molecule has 6 heteroatoms. The Kier molecular flexibility index (Phi) is 5.91. The summed E-state index contributed by atoms with van der Waals surface area (Å²) in [6.07, 6.45) is 0.0704. The molecule has 1 atom stereocenters. The Labute approximate surface area is 155 Å². The maximum absolute atomic E-state index is 11.9. The van der Waals surface area contributed by atoms with Crippen LogP contribution in [0.4, 0.5) is 0 Å². The van der Waals surface area contributed by atoms with E-state index < -0.39 is 6.10 Å². The molecule has 0 saturated heterocycles. The summed E-state index contributed by atoms with van der Waals surface area (Å²) in [5, 5.41) is 15.5. The second-order valence-electron chi connectivity index (χ2n) is 5.63. The number of hydrogen-bond donors (Lipinski definition) is 2. The minimum Gasteiger partial charge on any atom is -0.457 e. The molecule has 25 heavy (non-hydrogen) atoms. The first kappa shape index (κ1) is 17.7. The summed E-state index contributed by atoms with van der Waals surface area (Å²) in [5.74, 6) is 1.04. The van der Waals surface area contributed by atoms with Gasteiger partial charge >= 0.3 is 0 Å². The van der Waals surface area contributed by atoms with E-state index in [4.69, 9.17) is 16.0 Å². The van der Waals surface area contributed by atoms with Crippen LogP contribution in [0.1, 0.15) is 23.8 Å². The predicted molar refractivity (Wildman–Crippen MR) is 99.8 cm³/mol. The zero-order valence-electron chi connectivity index (χ0n) is 13.4. The maximum atomic E-state index is 11.9. The summed E-state index contributed by atoms with van der Waals surface area (Å²) >= 11 is 7.50. The number of rotatable bonds is 7. The van der Waals surface area contributed by atoms with Gasteiger partial charge < -0.3 is 14.8 Å². The minimum absolute atomic E-state index is 0.117. The van der Waals surface area contributed by atoms with E-state index in [0.717, 1.165) is 16.2 Å². The Bertz CT molecular complexity index is 829. The summed E-state index contributed by atoms with van der Waals surface area (Å²) in [6, 6.07) is 14.9. The Morgan fingerprint density at radius 1 is 1.24 bits per heavy atom. The average molecular weight is 376 g/mol. The van der Waals surface area contributed by atoms with E-state index in [1.54, 1.807) is 23.5 Å². The van der Waals surface area contributed by atoms with Gasteiger partial charge in [0.2, 0.25) is 5.91 Å². The molecule has 1 amide bonds. The summed E-state index contributed by atoms with van der Waals surface area (Å²) in [6.45, 7) is 0.117. The zero-order chi connectivity index (χ0) is 17.6. The number of halogens is 1. The highest BCUT2D eigenvalue weighted by Gasteiger charge is 2.15. The van der Waals surface area contributed by atoms with Gasteiger partial charge in [-0.25, -0.2) is 0 Å². The number of furan rings is 1. The lowest BCUT2D eigenvalue weighted by Gasteiger charge is -2.10. The normalized spacial score (nSPS) is 12.1. The number of thiophene rings is 1. The van der Waals surface area contributed by atoms with E-state index >= 15 is 0 Å². The molecule has 0 aliphatic rings. The molecule has 0 aliphatic carbocycles. The molecular weight excluding hydrogens is 358 g/mol. The van der Waals surface area contributed by atoms with Gasteiger partial charge in [0, 0.05) is 11.4 Å². The fourth-order valence-electron chi connectivity index (χ4n) is 2.43. The third kappa shape index (κ3) is 4.95. The van der Waals surface area contributed by atoms with Crippen molar-refractivity contribution in [2.45, 2.75) is 18.9 Å². The SMILES string of the molecule is O=C(CCc1cccc(Cl)c1)NCC(O)c1ccc(-c2cccs2)o1. The van der Waals surface area contributed by atoms with Crippen LogP contribution < -0.4 is 5.32 Å². The smallest absolute Gasteiger partial charge is 0.220 e. The number of aliphatic hydroxyl groups excluding tert-OH is 1. The largest absolute Gasteiger partial charge is 0.457 e. The van der Waals surface area contributed by atoms with Gasteiger partial charge in [0.05, 0.1) is 11.4 Å². The van der Waals surface area contributed by atoms with Gasteiger partial charge in [0.25, 0.3) is 0 Å². The Morgan fingerprint density at radius 2 is 2.12 bits per heavy atom. The number of benzene rings is 1. The van der Waals surface area contributed by atoms with Crippen molar-refractivity contribution in [3.8, 4) is 10.6 Å². The summed E-state index contributed by atoms with van der Waals surface area (Å²) in [7, 11) is 0. The Balaban J connectivity index is 1.47. The third-order valence-corrected chi connectivity index (χ3v) is 4.86. The molecule has 1 unspecified atom stereocenters. The molecule has 0 aliphatic heterocycles. The lowest BCUT2D eigenvalue weighted by atomic mass is 10.1. The highest BCUT2D eigenvalue weighted by molar-refractivity contribution is 7.13. The topological polar surface area (TPSA) is 62.5 Å². The summed E-state index contributed by atoms with van der Waals surface area (Å²) in [5.41, 5.74) is 1.01. The maximum Gasteiger partial charge on any atom is 0.220 e. The monoisotopic (exact) mass is 375 g/mol. The molecule has 0 bridgehead atoms. The van der Waals surface area contributed by atoms with Crippen molar-refractivity contribution in [1.82, 2.24) is 5.32 Å². The number of aryl methyl sites for hydroxylation is 1. The first-order valence-electron chi connectivity index (χ1n) is 7.94. The quantitative estimate of drug-likeness (QED) is 0.641. The van der Waals surface area contributed by atoms with Crippen molar-refractivity contribution in [2.75, 3.05) is 6.54 Å². The standard InChI is InChI=1S/C19H18ClNO3S/c20-14-4-1-3-13(11-14)6-9-19(23)21-12-15(22)16-7-8-17(24-16)18-5-2-10-25-18/h1-5,7-8,10-11,15,22H,6,9,12H2,(H,21,23). The van der Waals surface area contributed by atoms with Gasteiger partial charge in [0.15, 0.2) is 0 Å². The lowest BCUT2D eigenvalue weighted by molar-refractivity contribution is -0.121. The second kappa shape index (κ2) is 8.34. The number of carbonyl (C=O) groups excluding carboxylic acids is 1. The highest BCUT2D eigenvalue weighted by atomic mass is 35.5. The molecule has 0 radical (unpaired) electrons. The van der Waals surface area contributed by atoms with E-state index in [1.165, 1.54) is 0 Å². The minimum atomic E-state index is -0.871. The van der Waals surface area contributed by atoms with Crippen LogP contribution in [-0.4, -0.2) is 17.6 Å². The van der Waals surface area contributed by atoms with Crippen LogP contribution in [-0.2, 0) is 11.2 Å². The molecule has 2 heterocycles. The van der Waals surface area contributed by atoms with Crippen LogP contribution in [0, 0.1) is 0 Å². The number of aliphatic hydroxyl groups is 1. The number of hydrogen-bond acceptors (Lipinski definition) is 4.